The molecule has 0 fully saturated rings. The summed E-state index contributed by atoms with van der Waals surface area (Å²) in [6.07, 6.45) is 0.986. The van der Waals surface area contributed by atoms with E-state index in [4.69, 9.17) is 11.2 Å². The summed E-state index contributed by atoms with van der Waals surface area (Å²) in [7, 11) is -2.76. The Kier molecular flexibility index (Phi) is 6.46. The van der Waals surface area contributed by atoms with Gasteiger partial charge in [0.15, 0.2) is 0 Å². The molecule has 0 heterocycles. The molecule has 130 valence electrons. The predicted molar refractivity (Wildman–Crippen MR) is 111 cm³/mol. The van der Waals surface area contributed by atoms with Crippen molar-refractivity contribution in [1.29, 1.82) is 0 Å². The van der Waals surface area contributed by atoms with Crippen molar-refractivity contribution in [2.75, 3.05) is 10.8 Å². The second-order valence-electron chi connectivity index (χ2n) is 6.36. The van der Waals surface area contributed by atoms with Crippen LogP contribution in [0, 0.1) is 12.8 Å². The highest BCUT2D eigenvalue weighted by Crippen LogP contribution is 2.28. The van der Waals surface area contributed by atoms with E-state index in [0.29, 0.717) is 17.4 Å². The molecule has 0 spiro atoms. The van der Waals surface area contributed by atoms with E-state index in [-0.39, 0.29) is 0 Å². The van der Waals surface area contributed by atoms with Gasteiger partial charge in [0.1, 0.15) is 8.68 Å². The van der Waals surface area contributed by atoms with E-state index in [9.17, 15) is 4.21 Å². The Morgan fingerprint density at radius 1 is 1.17 bits per heavy atom. The lowest BCUT2D eigenvalue weighted by Gasteiger charge is -2.29. The van der Waals surface area contributed by atoms with Crippen LogP contribution in [0.2, 0.25) is 0 Å². The monoisotopic (exact) mass is 425 g/mol. The van der Waals surface area contributed by atoms with Crippen molar-refractivity contribution in [3.63, 3.8) is 0 Å². The molecule has 2 rings (SSSR count). The number of rotatable bonds is 6. The number of hydrogen-bond acceptors (Lipinski definition) is 2. The molecule has 2 aromatic carbocycles. The van der Waals surface area contributed by atoms with E-state index in [0.717, 1.165) is 22.1 Å². The highest BCUT2D eigenvalue weighted by Gasteiger charge is 2.22. The highest BCUT2D eigenvalue weighted by atomic mass is 79.9. The Balaban J connectivity index is 2.50. The maximum Gasteiger partial charge on any atom is 0.142 e. The van der Waals surface area contributed by atoms with Crippen molar-refractivity contribution in [1.82, 2.24) is 0 Å². The van der Waals surface area contributed by atoms with Gasteiger partial charge >= 0.3 is 0 Å². The van der Waals surface area contributed by atoms with Crippen molar-refractivity contribution in [2.24, 2.45) is 5.92 Å². The van der Waals surface area contributed by atoms with Crippen LogP contribution >= 0.6 is 15.9 Å². The zero-order chi connectivity index (χ0) is 17.9. The van der Waals surface area contributed by atoms with Crippen LogP contribution in [0.3, 0.4) is 0 Å². The minimum atomic E-state index is -2.76. The third-order valence-corrected chi connectivity index (χ3v) is 7.68. The smallest absolute Gasteiger partial charge is 0.142 e. The van der Waals surface area contributed by atoms with Crippen LogP contribution in [0.25, 0.3) is 0 Å². The van der Waals surface area contributed by atoms with E-state index in [1.54, 1.807) is 0 Å². The van der Waals surface area contributed by atoms with Crippen LogP contribution in [0.15, 0.2) is 51.8 Å². The Labute approximate surface area is 159 Å². The zero-order valence-corrected chi connectivity index (χ0v) is 17.8. The van der Waals surface area contributed by atoms with Gasteiger partial charge in [0.25, 0.3) is 0 Å². The van der Waals surface area contributed by atoms with Crippen molar-refractivity contribution >= 4 is 41.5 Å². The summed E-state index contributed by atoms with van der Waals surface area (Å²) in [5.41, 5.74) is 3.22. The molecule has 0 amide bonds. The van der Waals surface area contributed by atoms with Crippen molar-refractivity contribution in [3.05, 3.63) is 58.1 Å². The molecule has 2 aromatic rings. The maximum absolute atomic E-state index is 13.6. The maximum atomic E-state index is 13.6. The first-order chi connectivity index (χ1) is 11.3. The van der Waals surface area contributed by atoms with Crippen LogP contribution in [0.4, 0.5) is 5.69 Å². The molecule has 0 bridgehead atoms. The molecule has 0 aliphatic rings. The molecule has 1 unspecified atom stereocenters. The summed E-state index contributed by atoms with van der Waals surface area (Å²) in [6, 6.07) is 13.9. The molecule has 0 radical (unpaired) electrons. The number of nitrogens with zero attached hydrogens (tertiary/aromatic N) is 1. The Morgan fingerprint density at radius 2 is 1.79 bits per heavy atom. The standard InChI is InChI=1S/C19H24BrNOS2/c1-5-16-6-8-17(9-7-16)21(13-14(2)3)24(22,23)18-10-11-19(20)15(4)12-18/h6-12,14H,5,13H2,1-4H3. The number of aryl methyl sites for hydroxylation is 2. The Bertz CT molecular complexity index is 799. The summed E-state index contributed by atoms with van der Waals surface area (Å²) < 4.78 is 16.5. The largest absolute Gasteiger partial charge is 0.287 e. The van der Waals surface area contributed by atoms with E-state index in [2.05, 4.69) is 48.8 Å². The molecule has 0 aliphatic heterocycles. The molecule has 0 N–H and O–H groups in total. The SMILES string of the molecule is CCc1ccc(N(CC(C)C)S(=O)(=S)c2ccc(Br)c(C)c2)cc1. The van der Waals surface area contributed by atoms with Gasteiger partial charge in [-0.25, -0.2) is 4.21 Å². The van der Waals surface area contributed by atoms with E-state index >= 15 is 0 Å². The molecule has 5 heteroatoms. The Hall–Kier alpha value is -0.910. The zero-order valence-electron chi connectivity index (χ0n) is 14.6. The van der Waals surface area contributed by atoms with Gasteiger partial charge in [-0.3, -0.25) is 4.31 Å². The lowest BCUT2D eigenvalue weighted by atomic mass is 10.1. The molecular formula is C19H24BrNOS2. The Morgan fingerprint density at radius 3 is 2.29 bits per heavy atom. The van der Waals surface area contributed by atoms with E-state index in [1.165, 1.54) is 5.56 Å². The van der Waals surface area contributed by atoms with Crippen LogP contribution in [-0.2, 0) is 26.3 Å². The van der Waals surface area contributed by atoms with Gasteiger partial charge < -0.3 is 0 Å². The molecular weight excluding hydrogens is 402 g/mol. The molecule has 0 saturated carbocycles. The fourth-order valence-electron chi connectivity index (χ4n) is 2.48. The normalized spacial score (nSPS) is 13.8. The van der Waals surface area contributed by atoms with Gasteiger partial charge in [-0.05, 0) is 60.7 Å². The summed E-state index contributed by atoms with van der Waals surface area (Å²) >= 11 is 9.13. The second-order valence-corrected chi connectivity index (χ2v) is 10.4. The second kappa shape index (κ2) is 7.98. The van der Waals surface area contributed by atoms with Crippen LogP contribution < -0.4 is 4.31 Å². The summed E-state index contributed by atoms with van der Waals surface area (Å²) in [5.74, 6) is 0.358. The summed E-state index contributed by atoms with van der Waals surface area (Å²) in [5, 5.41) is 0. The topological polar surface area (TPSA) is 20.3 Å². The fraction of sp³-hybridized carbons (Fsp3) is 0.368. The van der Waals surface area contributed by atoms with E-state index in [1.807, 2.05) is 41.6 Å². The first-order valence-corrected chi connectivity index (χ1v) is 11.4. The van der Waals surface area contributed by atoms with Gasteiger partial charge in [0, 0.05) is 27.9 Å². The van der Waals surface area contributed by atoms with Crippen molar-refractivity contribution in [2.45, 2.75) is 39.0 Å². The third-order valence-electron chi connectivity index (χ3n) is 3.88. The van der Waals surface area contributed by atoms with Crippen LogP contribution in [-0.4, -0.2) is 10.8 Å². The molecule has 2 nitrogen and oxygen atoms in total. The number of halogens is 1. The first kappa shape index (κ1) is 19.4. The lowest BCUT2D eigenvalue weighted by molar-refractivity contribution is 0.642. The average Bonchev–Trinajstić information content (AvgIpc) is 2.55. The molecule has 24 heavy (non-hydrogen) atoms. The molecule has 0 aliphatic carbocycles. The predicted octanol–water partition coefficient (Wildman–Crippen LogP) is 5.50. The minimum absolute atomic E-state index is 0.358. The number of hydrogen-bond donors (Lipinski definition) is 0. The molecule has 0 saturated heterocycles. The van der Waals surface area contributed by atoms with Gasteiger partial charge in [0.2, 0.25) is 0 Å². The van der Waals surface area contributed by atoms with Gasteiger partial charge in [-0.1, -0.05) is 48.8 Å². The van der Waals surface area contributed by atoms with Crippen LogP contribution in [0.1, 0.15) is 31.9 Å². The quantitative estimate of drug-likeness (QED) is 0.608. The lowest BCUT2D eigenvalue weighted by Crippen LogP contribution is -2.33. The van der Waals surface area contributed by atoms with E-state index < -0.39 is 8.68 Å². The molecule has 1 atom stereocenters. The van der Waals surface area contributed by atoms with Gasteiger partial charge in [-0.15, -0.1) is 0 Å². The molecule has 0 aromatic heterocycles. The van der Waals surface area contributed by atoms with Gasteiger partial charge in [-0.2, -0.15) is 0 Å². The fourth-order valence-corrected chi connectivity index (χ4v) is 5.19. The first-order valence-electron chi connectivity index (χ1n) is 8.13. The summed E-state index contributed by atoms with van der Waals surface area (Å²) in [4.78, 5) is 0.693. The third kappa shape index (κ3) is 4.38. The number of anilines is 1. The summed E-state index contributed by atoms with van der Waals surface area (Å²) in [6.45, 7) is 9.00. The van der Waals surface area contributed by atoms with Crippen LogP contribution in [0.5, 0.6) is 0 Å². The van der Waals surface area contributed by atoms with Gasteiger partial charge in [0.05, 0.1) is 4.90 Å². The van der Waals surface area contributed by atoms with Crippen molar-refractivity contribution in [3.8, 4) is 0 Å². The number of benzene rings is 2. The van der Waals surface area contributed by atoms with Crippen molar-refractivity contribution < 1.29 is 4.21 Å². The average molecular weight is 426 g/mol. The highest BCUT2D eigenvalue weighted by molar-refractivity contribution is 9.10. The minimum Gasteiger partial charge on any atom is -0.287 e.